The van der Waals surface area contributed by atoms with Crippen molar-refractivity contribution >= 4 is 45.0 Å². The number of imide groups is 1. The molecule has 0 unspecified atom stereocenters. The standard InChI is InChI=1S/C26H28N6O4S/c1-18-3-5-20(6-4-18)28-26-27-19(2)17-23(29-26)30-13-15-31(16-14-30)37(35,36)22-9-7-21(8-10-22)32-24(33)11-12-25(32)34/h3-10,17H,11-16H2,1-2H3,(H,27,28,29). The number of carbonyl (C=O) groups is 2. The summed E-state index contributed by atoms with van der Waals surface area (Å²) >= 11 is 0. The van der Waals surface area contributed by atoms with E-state index >= 15 is 0 Å². The number of rotatable bonds is 6. The molecule has 2 aliphatic heterocycles. The Hall–Kier alpha value is -3.83. The van der Waals surface area contributed by atoms with Gasteiger partial charge < -0.3 is 10.2 Å². The smallest absolute Gasteiger partial charge is 0.243 e. The maximum absolute atomic E-state index is 13.3. The summed E-state index contributed by atoms with van der Waals surface area (Å²) in [6.45, 7) is 5.49. The molecule has 192 valence electrons. The largest absolute Gasteiger partial charge is 0.354 e. The molecule has 0 saturated carbocycles. The van der Waals surface area contributed by atoms with E-state index < -0.39 is 10.0 Å². The topological polar surface area (TPSA) is 116 Å². The molecule has 5 rings (SSSR count). The third-order valence-electron chi connectivity index (χ3n) is 6.50. The van der Waals surface area contributed by atoms with Gasteiger partial charge in [-0.2, -0.15) is 9.29 Å². The van der Waals surface area contributed by atoms with Crippen LogP contribution in [0, 0.1) is 13.8 Å². The van der Waals surface area contributed by atoms with Crippen molar-refractivity contribution < 1.29 is 18.0 Å². The summed E-state index contributed by atoms with van der Waals surface area (Å²) in [7, 11) is -3.72. The highest BCUT2D eigenvalue weighted by Gasteiger charge is 2.32. The molecule has 0 spiro atoms. The van der Waals surface area contributed by atoms with E-state index in [1.165, 1.54) is 28.6 Å². The highest BCUT2D eigenvalue weighted by atomic mass is 32.2. The van der Waals surface area contributed by atoms with Gasteiger partial charge in [-0.25, -0.2) is 13.4 Å². The minimum absolute atomic E-state index is 0.131. The van der Waals surface area contributed by atoms with Crippen molar-refractivity contribution in [2.45, 2.75) is 31.6 Å². The van der Waals surface area contributed by atoms with Crippen molar-refractivity contribution in [1.29, 1.82) is 0 Å². The first-order valence-electron chi connectivity index (χ1n) is 12.1. The van der Waals surface area contributed by atoms with E-state index in [4.69, 9.17) is 0 Å². The quantitative estimate of drug-likeness (QED) is 0.493. The first-order valence-corrected chi connectivity index (χ1v) is 13.5. The van der Waals surface area contributed by atoms with Crippen LogP contribution >= 0.6 is 0 Å². The summed E-state index contributed by atoms with van der Waals surface area (Å²) < 4.78 is 28.0. The second-order valence-corrected chi connectivity index (χ2v) is 11.1. The predicted octanol–water partition coefficient (Wildman–Crippen LogP) is 3.00. The number of aromatic nitrogens is 2. The van der Waals surface area contributed by atoms with E-state index in [2.05, 4.69) is 20.2 Å². The normalized spacial score (nSPS) is 16.9. The summed E-state index contributed by atoms with van der Waals surface area (Å²) in [5, 5.41) is 3.24. The number of hydrogen-bond acceptors (Lipinski definition) is 8. The van der Waals surface area contributed by atoms with Crippen LogP contribution in [-0.2, 0) is 19.6 Å². The number of nitrogens with one attached hydrogen (secondary N) is 1. The molecule has 1 aromatic heterocycles. The van der Waals surface area contributed by atoms with Crippen molar-refractivity contribution in [1.82, 2.24) is 14.3 Å². The molecule has 0 bridgehead atoms. The highest BCUT2D eigenvalue weighted by Crippen LogP contribution is 2.26. The van der Waals surface area contributed by atoms with Gasteiger partial charge in [0.25, 0.3) is 0 Å². The zero-order chi connectivity index (χ0) is 26.2. The van der Waals surface area contributed by atoms with Gasteiger partial charge >= 0.3 is 0 Å². The number of amides is 2. The lowest BCUT2D eigenvalue weighted by Gasteiger charge is -2.34. The maximum Gasteiger partial charge on any atom is 0.243 e. The molecule has 2 aliphatic rings. The Bertz CT molecular complexity index is 1420. The molecule has 3 heterocycles. The Morgan fingerprint density at radius 1 is 0.811 bits per heavy atom. The molecule has 0 atom stereocenters. The third-order valence-corrected chi connectivity index (χ3v) is 8.41. The van der Waals surface area contributed by atoms with Gasteiger partial charge in [-0.3, -0.25) is 14.5 Å². The molecule has 10 nitrogen and oxygen atoms in total. The number of aryl methyl sites for hydroxylation is 2. The Morgan fingerprint density at radius 2 is 1.43 bits per heavy atom. The van der Waals surface area contributed by atoms with E-state index in [1.54, 1.807) is 0 Å². The number of nitrogens with zero attached hydrogens (tertiary/aromatic N) is 5. The van der Waals surface area contributed by atoms with Crippen molar-refractivity contribution in [2.24, 2.45) is 0 Å². The zero-order valence-electron chi connectivity index (χ0n) is 20.7. The fourth-order valence-electron chi connectivity index (χ4n) is 4.47. The number of benzene rings is 2. The first-order chi connectivity index (χ1) is 17.7. The lowest BCUT2D eigenvalue weighted by molar-refractivity contribution is -0.121. The van der Waals surface area contributed by atoms with Crippen LogP contribution in [0.5, 0.6) is 0 Å². The fraction of sp³-hybridized carbons (Fsp3) is 0.308. The van der Waals surface area contributed by atoms with Gasteiger partial charge in [-0.15, -0.1) is 0 Å². The average molecular weight is 521 g/mol. The summed E-state index contributed by atoms with van der Waals surface area (Å²) in [6.07, 6.45) is 0.358. The average Bonchev–Trinajstić information content (AvgIpc) is 3.23. The SMILES string of the molecule is Cc1ccc(Nc2nc(C)cc(N3CCN(S(=O)(=O)c4ccc(N5C(=O)CCC5=O)cc4)CC3)n2)cc1. The molecule has 2 fully saturated rings. The molecule has 3 aromatic rings. The first kappa shape index (κ1) is 24.8. The Morgan fingerprint density at radius 3 is 2.05 bits per heavy atom. The third kappa shape index (κ3) is 5.18. The van der Waals surface area contributed by atoms with Gasteiger partial charge in [0.1, 0.15) is 5.82 Å². The monoisotopic (exact) mass is 520 g/mol. The van der Waals surface area contributed by atoms with Gasteiger partial charge in [-0.1, -0.05) is 17.7 Å². The van der Waals surface area contributed by atoms with E-state index in [0.29, 0.717) is 37.8 Å². The minimum Gasteiger partial charge on any atom is -0.354 e. The van der Waals surface area contributed by atoms with Crippen molar-refractivity contribution in [3.63, 3.8) is 0 Å². The number of anilines is 4. The van der Waals surface area contributed by atoms with Crippen molar-refractivity contribution in [3.8, 4) is 0 Å². The molecule has 37 heavy (non-hydrogen) atoms. The minimum atomic E-state index is -3.72. The van der Waals surface area contributed by atoms with Crippen LogP contribution in [0.3, 0.4) is 0 Å². The molecule has 0 aliphatic carbocycles. The molecule has 11 heteroatoms. The Balaban J connectivity index is 1.26. The van der Waals surface area contributed by atoms with Crippen LogP contribution < -0.4 is 15.1 Å². The molecular weight excluding hydrogens is 492 g/mol. The van der Waals surface area contributed by atoms with Gasteiger partial charge in [0.05, 0.1) is 10.6 Å². The van der Waals surface area contributed by atoms with Crippen LogP contribution in [0.15, 0.2) is 59.5 Å². The molecule has 2 aromatic carbocycles. The zero-order valence-corrected chi connectivity index (χ0v) is 21.5. The van der Waals surface area contributed by atoms with E-state index in [-0.39, 0.29) is 29.6 Å². The second kappa shape index (κ2) is 9.91. The molecule has 0 radical (unpaired) electrons. The maximum atomic E-state index is 13.3. The Labute approximate surface area is 216 Å². The molecule has 1 N–H and O–H groups in total. The fourth-order valence-corrected chi connectivity index (χ4v) is 5.90. The van der Waals surface area contributed by atoms with Crippen LogP contribution in [-0.4, -0.2) is 60.7 Å². The van der Waals surface area contributed by atoms with E-state index in [1.807, 2.05) is 44.2 Å². The number of carbonyl (C=O) groups excluding carboxylic acids is 2. The van der Waals surface area contributed by atoms with E-state index in [0.717, 1.165) is 27.7 Å². The molecule has 2 amide bonds. The molecule has 2 saturated heterocycles. The highest BCUT2D eigenvalue weighted by molar-refractivity contribution is 7.89. The number of piperazine rings is 1. The van der Waals surface area contributed by atoms with Gasteiger partial charge in [-0.05, 0) is 50.2 Å². The van der Waals surface area contributed by atoms with Crippen LogP contribution in [0.4, 0.5) is 23.1 Å². The van der Waals surface area contributed by atoms with Crippen LogP contribution in [0.25, 0.3) is 0 Å². The van der Waals surface area contributed by atoms with Gasteiger partial charge in [0.15, 0.2) is 0 Å². The molecular formula is C26H28N6O4S. The van der Waals surface area contributed by atoms with Gasteiger partial charge in [0.2, 0.25) is 27.8 Å². The van der Waals surface area contributed by atoms with Gasteiger partial charge in [0, 0.05) is 56.5 Å². The van der Waals surface area contributed by atoms with Crippen molar-refractivity contribution in [3.05, 3.63) is 65.9 Å². The van der Waals surface area contributed by atoms with Crippen LogP contribution in [0.2, 0.25) is 0 Å². The van der Waals surface area contributed by atoms with E-state index in [9.17, 15) is 18.0 Å². The summed E-state index contributed by atoms with van der Waals surface area (Å²) in [5.74, 6) is 0.690. The lowest BCUT2D eigenvalue weighted by Crippen LogP contribution is -2.49. The summed E-state index contributed by atoms with van der Waals surface area (Å²) in [4.78, 5) is 36.4. The summed E-state index contributed by atoms with van der Waals surface area (Å²) in [5.41, 5.74) is 3.26. The summed E-state index contributed by atoms with van der Waals surface area (Å²) in [6, 6.07) is 15.8. The second-order valence-electron chi connectivity index (χ2n) is 9.19. The lowest BCUT2D eigenvalue weighted by atomic mass is 10.2. The van der Waals surface area contributed by atoms with Crippen LogP contribution in [0.1, 0.15) is 24.1 Å². The predicted molar refractivity (Wildman–Crippen MR) is 140 cm³/mol. The number of hydrogen-bond donors (Lipinski definition) is 1. The number of sulfonamides is 1. The Kier molecular flexibility index (Phi) is 6.65. The van der Waals surface area contributed by atoms with Crippen molar-refractivity contribution in [2.75, 3.05) is 41.3 Å².